The van der Waals surface area contributed by atoms with Crippen molar-refractivity contribution in [2.24, 2.45) is 0 Å². The van der Waals surface area contributed by atoms with Crippen LogP contribution in [0.2, 0.25) is 0 Å². The fraction of sp³-hybridized carbons (Fsp3) is 0.526. The summed E-state index contributed by atoms with van der Waals surface area (Å²) in [5.74, 6) is -0.273. The summed E-state index contributed by atoms with van der Waals surface area (Å²) >= 11 is 1.52. The van der Waals surface area contributed by atoms with Crippen molar-refractivity contribution in [2.45, 2.75) is 26.1 Å². The van der Waals surface area contributed by atoms with Crippen LogP contribution in [-0.2, 0) is 14.9 Å². The Labute approximate surface area is 174 Å². The van der Waals surface area contributed by atoms with Crippen LogP contribution in [0.5, 0.6) is 0 Å². The van der Waals surface area contributed by atoms with Gasteiger partial charge in [0.1, 0.15) is 5.82 Å². The van der Waals surface area contributed by atoms with Crippen molar-refractivity contribution in [3.05, 3.63) is 35.5 Å². The Kier molecular flexibility index (Phi) is 5.90. The summed E-state index contributed by atoms with van der Waals surface area (Å²) in [5, 5.41) is 2.80. The monoisotopic (exact) mass is 440 g/mol. The molecule has 29 heavy (non-hydrogen) atoms. The van der Waals surface area contributed by atoms with E-state index in [2.05, 4.69) is 9.88 Å². The highest BCUT2D eigenvalue weighted by Crippen LogP contribution is 2.29. The quantitative estimate of drug-likeness (QED) is 0.731. The third kappa shape index (κ3) is 4.46. The second kappa shape index (κ2) is 8.27. The number of piperazine rings is 1. The summed E-state index contributed by atoms with van der Waals surface area (Å²) in [6.45, 7) is 6.60. The zero-order valence-corrected chi connectivity index (χ0v) is 18.1. The molecular weight excluding hydrogens is 415 g/mol. The predicted octanol–water partition coefficient (Wildman–Crippen LogP) is 2.43. The molecule has 7 nitrogen and oxygen atoms in total. The van der Waals surface area contributed by atoms with E-state index in [4.69, 9.17) is 4.74 Å². The molecule has 10 heteroatoms. The highest BCUT2D eigenvalue weighted by Gasteiger charge is 2.37. The Bertz CT molecular complexity index is 933. The number of morpholine rings is 1. The van der Waals surface area contributed by atoms with Gasteiger partial charge < -0.3 is 9.64 Å². The number of thiazole rings is 1. The van der Waals surface area contributed by atoms with Crippen LogP contribution in [0, 0.1) is 5.82 Å². The number of anilines is 1. The van der Waals surface area contributed by atoms with Gasteiger partial charge in [0.25, 0.3) is 10.2 Å². The minimum absolute atomic E-state index is 0.102. The van der Waals surface area contributed by atoms with E-state index in [-0.39, 0.29) is 18.0 Å². The van der Waals surface area contributed by atoms with Gasteiger partial charge in [-0.15, -0.1) is 11.3 Å². The maximum Gasteiger partial charge on any atom is 0.282 e. The second-order valence-electron chi connectivity index (χ2n) is 7.49. The van der Waals surface area contributed by atoms with Crippen molar-refractivity contribution in [1.29, 1.82) is 0 Å². The molecule has 0 spiro atoms. The van der Waals surface area contributed by atoms with Crippen molar-refractivity contribution in [3.8, 4) is 11.3 Å². The zero-order chi connectivity index (χ0) is 20.6. The molecule has 2 atom stereocenters. The lowest BCUT2D eigenvalue weighted by Gasteiger charge is -2.40. The van der Waals surface area contributed by atoms with E-state index in [0.29, 0.717) is 39.3 Å². The maximum absolute atomic E-state index is 13.1. The van der Waals surface area contributed by atoms with Crippen LogP contribution in [0.4, 0.5) is 9.52 Å². The van der Waals surface area contributed by atoms with Crippen LogP contribution in [-0.4, -0.2) is 73.5 Å². The second-order valence-corrected chi connectivity index (χ2v) is 10.3. The molecule has 3 heterocycles. The average molecular weight is 441 g/mol. The van der Waals surface area contributed by atoms with Crippen LogP contribution in [0.3, 0.4) is 0 Å². The Balaban J connectivity index is 1.40. The fourth-order valence-corrected chi connectivity index (χ4v) is 6.39. The minimum Gasteiger partial charge on any atom is -0.373 e. The summed E-state index contributed by atoms with van der Waals surface area (Å²) in [6, 6.07) is 6.27. The first-order chi connectivity index (χ1) is 13.8. The molecule has 2 fully saturated rings. The molecule has 2 saturated heterocycles. The first-order valence-corrected chi connectivity index (χ1v) is 12.0. The lowest BCUT2D eigenvalue weighted by Crippen LogP contribution is -2.57. The summed E-state index contributed by atoms with van der Waals surface area (Å²) in [7, 11) is -3.49. The van der Waals surface area contributed by atoms with E-state index in [0.717, 1.165) is 16.4 Å². The summed E-state index contributed by atoms with van der Waals surface area (Å²) in [5.41, 5.74) is 1.67. The highest BCUT2D eigenvalue weighted by atomic mass is 32.2. The van der Waals surface area contributed by atoms with Crippen molar-refractivity contribution < 1.29 is 17.5 Å². The molecule has 0 N–H and O–H groups in total. The maximum atomic E-state index is 13.1. The third-order valence-corrected chi connectivity index (χ3v) is 8.05. The van der Waals surface area contributed by atoms with Crippen molar-refractivity contribution in [3.63, 3.8) is 0 Å². The largest absolute Gasteiger partial charge is 0.373 e. The Morgan fingerprint density at radius 2 is 1.66 bits per heavy atom. The molecule has 0 bridgehead atoms. The highest BCUT2D eigenvalue weighted by molar-refractivity contribution is 7.86. The molecular formula is C19H25FN4O3S2. The van der Waals surface area contributed by atoms with Gasteiger partial charge in [0, 0.05) is 50.2 Å². The molecule has 1 aromatic heterocycles. The van der Waals surface area contributed by atoms with E-state index in [1.807, 2.05) is 19.2 Å². The molecule has 0 amide bonds. The first kappa shape index (κ1) is 20.7. The number of nitrogens with zero attached hydrogens (tertiary/aromatic N) is 4. The van der Waals surface area contributed by atoms with Crippen LogP contribution >= 0.6 is 11.3 Å². The van der Waals surface area contributed by atoms with E-state index in [1.165, 1.54) is 27.8 Å². The molecule has 2 aromatic rings. The number of hydrogen-bond acceptors (Lipinski definition) is 6. The smallest absolute Gasteiger partial charge is 0.282 e. The summed E-state index contributed by atoms with van der Waals surface area (Å²) in [4.78, 5) is 6.76. The number of ether oxygens (including phenoxy) is 1. The Morgan fingerprint density at radius 1 is 1.03 bits per heavy atom. The number of hydrogen-bond donors (Lipinski definition) is 0. The number of benzene rings is 1. The van der Waals surface area contributed by atoms with Gasteiger partial charge in [0.15, 0.2) is 5.13 Å². The molecule has 2 aliphatic rings. The van der Waals surface area contributed by atoms with Crippen LogP contribution < -0.4 is 4.90 Å². The van der Waals surface area contributed by atoms with Crippen molar-refractivity contribution in [1.82, 2.24) is 13.6 Å². The molecule has 2 aliphatic heterocycles. The van der Waals surface area contributed by atoms with E-state index in [9.17, 15) is 12.8 Å². The topological polar surface area (TPSA) is 66.0 Å². The number of halogens is 1. The number of aromatic nitrogens is 1. The van der Waals surface area contributed by atoms with Crippen molar-refractivity contribution >= 4 is 26.7 Å². The molecule has 158 valence electrons. The number of rotatable bonds is 4. The van der Waals surface area contributed by atoms with Crippen LogP contribution in [0.25, 0.3) is 11.3 Å². The predicted molar refractivity (Wildman–Crippen MR) is 112 cm³/mol. The molecule has 0 radical (unpaired) electrons. The summed E-state index contributed by atoms with van der Waals surface area (Å²) in [6.07, 6.45) is -0.204. The Morgan fingerprint density at radius 3 is 2.28 bits per heavy atom. The van der Waals surface area contributed by atoms with E-state index < -0.39 is 10.2 Å². The Hall–Kier alpha value is -1.59. The lowest BCUT2D eigenvalue weighted by atomic mass is 10.2. The van der Waals surface area contributed by atoms with Crippen LogP contribution in [0.15, 0.2) is 29.6 Å². The molecule has 2 unspecified atom stereocenters. The first-order valence-electron chi connectivity index (χ1n) is 9.70. The lowest BCUT2D eigenvalue weighted by molar-refractivity contribution is -0.0455. The van der Waals surface area contributed by atoms with Gasteiger partial charge in [0.2, 0.25) is 0 Å². The zero-order valence-electron chi connectivity index (χ0n) is 16.5. The minimum atomic E-state index is -3.49. The van der Waals surface area contributed by atoms with Crippen LogP contribution in [0.1, 0.15) is 13.8 Å². The SMILES string of the molecule is CC1CN(S(=O)(=O)N2CCN(c3nc(-c4ccc(F)cc4)cs3)CC2)CC(C)O1. The van der Waals surface area contributed by atoms with Gasteiger partial charge in [-0.2, -0.15) is 17.0 Å². The van der Waals surface area contributed by atoms with Gasteiger partial charge in [0.05, 0.1) is 17.9 Å². The van der Waals surface area contributed by atoms with Gasteiger partial charge >= 0.3 is 0 Å². The molecule has 4 rings (SSSR count). The standard InChI is InChI=1S/C19H25FN4O3S2/c1-14-11-24(12-15(2)27-14)29(25,26)23-9-7-22(8-10-23)19-21-18(13-28-19)16-3-5-17(20)6-4-16/h3-6,13-15H,7-12H2,1-2H3. The average Bonchev–Trinajstić information content (AvgIpc) is 3.18. The third-order valence-electron chi connectivity index (χ3n) is 5.18. The van der Waals surface area contributed by atoms with Gasteiger partial charge in [-0.3, -0.25) is 0 Å². The van der Waals surface area contributed by atoms with Crippen molar-refractivity contribution in [2.75, 3.05) is 44.2 Å². The van der Waals surface area contributed by atoms with Gasteiger partial charge in [-0.1, -0.05) is 0 Å². The van der Waals surface area contributed by atoms with E-state index in [1.54, 1.807) is 16.4 Å². The summed E-state index contributed by atoms with van der Waals surface area (Å²) < 4.78 is 47.9. The fourth-order valence-electron chi connectivity index (χ4n) is 3.76. The molecule has 1 aromatic carbocycles. The van der Waals surface area contributed by atoms with Gasteiger partial charge in [-0.25, -0.2) is 9.37 Å². The normalized spacial score (nSPS) is 24.7. The van der Waals surface area contributed by atoms with Gasteiger partial charge in [-0.05, 0) is 38.1 Å². The van der Waals surface area contributed by atoms with E-state index >= 15 is 0 Å². The molecule has 0 aliphatic carbocycles. The molecule has 0 saturated carbocycles.